The van der Waals surface area contributed by atoms with E-state index in [1.807, 2.05) is 12.1 Å². The fraction of sp³-hybridized carbons (Fsp3) is 0.500. The van der Waals surface area contributed by atoms with Crippen molar-refractivity contribution in [2.45, 2.75) is 25.4 Å². The molecule has 1 unspecified atom stereocenters. The van der Waals surface area contributed by atoms with Crippen LogP contribution in [0.25, 0.3) is 0 Å². The average molecular weight is 251 g/mol. The van der Waals surface area contributed by atoms with Gasteiger partial charge in [-0.2, -0.15) is 0 Å². The van der Waals surface area contributed by atoms with E-state index >= 15 is 0 Å². The molecule has 1 atom stereocenters. The molecule has 1 aliphatic rings. The summed E-state index contributed by atoms with van der Waals surface area (Å²) in [5.41, 5.74) is -0.0493. The number of urea groups is 1. The topological polar surface area (TPSA) is 74.4 Å². The molecule has 1 aromatic rings. The second kappa shape index (κ2) is 4.36. The highest BCUT2D eigenvalue weighted by molar-refractivity contribution is 5.88. The van der Waals surface area contributed by atoms with Crippen LogP contribution in [0, 0.1) is 0 Å². The molecule has 1 saturated heterocycles. The number of amides is 2. The lowest BCUT2D eigenvalue weighted by atomic mass is 10.0. The van der Waals surface area contributed by atoms with Crippen molar-refractivity contribution in [2.75, 3.05) is 13.7 Å². The minimum absolute atomic E-state index is 0.128. The van der Waals surface area contributed by atoms with Crippen molar-refractivity contribution in [3.05, 3.63) is 24.0 Å². The molecule has 2 rings (SSSR count). The molecule has 0 radical (unpaired) electrons. The first kappa shape index (κ1) is 12.5. The monoisotopic (exact) mass is 251 g/mol. The molecule has 0 saturated carbocycles. The Balaban J connectivity index is 2.17. The first-order valence-electron chi connectivity index (χ1n) is 5.76. The summed E-state index contributed by atoms with van der Waals surface area (Å²) in [5, 5.41) is 2.84. The van der Waals surface area contributed by atoms with Gasteiger partial charge in [0.15, 0.2) is 0 Å². The lowest BCUT2D eigenvalue weighted by molar-refractivity contribution is -0.151. The number of esters is 1. The van der Waals surface area contributed by atoms with Gasteiger partial charge in [0.1, 0.15) is 5.54 Å². The minimum atomic E-state index is -0.972. The lowest BCUT2D eigenvalue weighted by Gasteiger charge is -2.31. The second-order valence-corrected chi connectivity index (χ2v) is 4.79. The summed E-state index contributed by atoms with van der Waals surface area (Å²) in [7, 11) is 1.32. The zero-order valence-electron chi connectivity index (χ0n) is 10.7. The fourth-order valence-corrected chi connectivity index (χ4v) is 2.12. The first-order chi connectivity index (χ1) is 8.46. The zero-order chi connectivity index (χ0) is 13.3. The van der Waals surface area contributed by atoms with Crippen molar-refractivity contribution in [1.29, 1.82) is 0 Å². The van der Waals surface area contributed by atoms with Gasteiger partial charge in [-0.25, -0.2) is 9.59 Å². The van der Waals surface area contributed by atoms with Crippen molar-refractivity contribution in [1.82, 2.24) is 15.2 Å². The van der Waals surface area contributed by atoms with Gasteiger partial charge in [-0.15, -0.1) is 0 Å². The Labute approximate surface area is 105 Å². The van der Waals surface area contributed by atoms with Crippen LogP contribution in [0.3, 0.4) is 0 Å². The maximum absolute atomic E-state index is 11.9. The summed E-state index contributed by atoms with van der Waals surface area (Å²) < 4.78 is 4.73. The third-order valence-corrected chi connectivity index (χ3v) is 3.27. The number of aromatic amines is 1. The Morgan fingerprint density at radius 2 is 2.28 bits per heavy atom. The highest BCUT2D eigenvalue weighted by Crippen LogP contribution is 2.26. The molecule has 1 aromatic heterocycles. The summed E-state index contributed by atoms with van der Waals surface area (Å²) in [6, 6.07) is 3.39. The van der Waals surface area contributed by atoms with E-state index in [1.54, 1.807) is 20.0 Å². The van der Waals surface area contributed by atoms with E-state index in [1.165, 1.54) is 12.0 Å². The molecule has 6 nitrogen and oxygen atoms in total. The van der Waals surface area contributed by atoms with Crippen LogP contribution < -0.4 is 5.32 Å². The Morgan fingerprint density at radius 3 is 2.83 bits per heavy atom. The molecular weight excluding hydrogens is 234 g/mol. The molecule has 0 bridgehead atoms. The summed E-state index contributed by atoms with van der Waals surface area (Å²) in [4.78, 5) is 28.2. The number of methoxy groups -OCH3 is 1. The predicted octanol–water partition coefficient (Wildman–Crippen LogP) is 1.03. The molecule has 2 N–H and O–H groups in total. The normalized spacial score (nSPS) is 19.8. The Bertz CT molecular complexity index is 453. The number of carbonyl (C=O) groups excluding carboxylic acids is 2. The summed E-state index contributed by atoms with van der Waals surface area (Å²) in [6.07, 6.45) is 1.80. The summed E-state index contributed by atoms with van der Waals surface area (Å²) in [6.45, 7) is 3.78. The largest absolute Gasteiger partial charge is 0.467 e. The number of nitrogens with one attached hydrogen (secondary N) is 2. The van der Waals surface area contributed by atoms with Crippen LogP contribution in [0.4, 0.5) is 4.79 Å². The summed E-state index contributed by atoms with van der Waals surface area (Å²) >= 11 is 0. The highest BCUT2D eigenvalue weighted by Gasteiger charge is 2.44. The van der Waals surface area contributed by atoms with E-state index in [0.717, 1.165) is 5.69 Å². The van der Waals surface area contributed by atoms with Crippen LogP contribution >= 0.6 is 0 Å². The first-order valence-corrected chi connectivity index (χ1v) is 5.76. The van der Waals surface area contributed by atoms with Gasteiger partial charge < -0.3 is 19.9 Å². The molecule has 6 heteroatoms. The maximum atomic E-state index is 11.9. The van der Waals surface area contributed by atoms with Crippen LogP contribution in [0.5, 0.6) is 0 Å². The number of hydrogen-bond donors (Lipinski definition) is 2. The van der Waals surface area contributed by atoms with Crippen molar-refractivity contribution in [3.8, 4) is 0 Å². The standard InChI is InChI=1S/C12H17N3O3/c1-12(2,10(16)18-3)15-7-9(14-11(15)17)8-5-4-6-13-8/h4-6,9,13H,7H2,1-3H3,(H,14,17). The van der Waals surface area contributed by atoms with Gasteiger partial charge in [-0.1, -0.05) is 0 Å². The maximum Gasteiger partial charge on any atom is 0.331 e. The number of carbonyl (C=O) groups is 2. The Hall–Kier alpha value is -1.98. The number of H-pyrrole nitrogens is 1. The number of hydrogen-bond acceptors (Lipinski definition) is 3. The van der Waals surface area contributed by atoms with Crippen LogP contribution in [-0.2, 0) is 9.53 Å². The SMILES string of the molecule is COC(=O)C(C)(C)N1CC(c2ccc[nH]2)NC1=O. The van der Waals surface area contributed by atoms with Gasteiger partial charge in [0.05, 0.1) is 13.2 Å². The quantitative estimate of drug-likeness (QED) is 0.788. The van der Waals surface area contributed by atoms with Crippen molar-refractivity contribution >= 4 is 12.0 Å². The lowest BCUT2D eigenvalue weighted by Crippen LogP contribution is -2.52. The molecule has 0 spiro atoms. The Kier molecular flexibility index (Phi) is 3.02. The molecule has 1 fully saturated rings. The van der Waals surface area contributed by atoms with Crippen LogP contribution in [0.15, 0.2) is 18.3 Å². The smallest absolute Gasteiger partial charge is 0.331 e. The molecule has 98 valence electrons. The van der Waals surface area contributed by atoms with Gasteiger partial charge in [-0.3, -0.25) is 0 Å². The van der Waals surface area contributed by atoms with Crippen molar-refractivity contribution in [2.24, 2.45) is 0 Å². The van der Waals surface area contributed by atoms with Gasteiger partial charge in [-0.05, 0) is 26.0 Å². The summed E-state index contributed by atoms with van der Waals surface area (Å²) in [5.74, 6) is -0.426. The van der Waals surface area contributed by atoms with Crippen molar-refractivity contribution < 1.29 is 14.3 Å². The zero-order valence-corrected chi connectivity index (χ0v) is 10.7. The molecule has 0 aromatic carbocycles. The number of ether oxygens (including phenoxy) is 1. The van der Waals surface area contributed by atoms with E-state index in [9.17, 15) is 9.59 Å². The van der Waals surface area contributed by atoms with Crippen LogP contribution in [-0.4, -0.2) is 41.1 Å². The highest BCUT2D eigenvalue weighted by atomic mass is 16.5. The molecule has 1 aliphatic heterocycles. The Morgan fingerprint density at radius 1 is 1.56 bits per heavy atom. The number of aromatic nitrogens is 1. The van der Waals surface area contributed by atoms with Gasteiger partial charge >= 0.3 is 12.0 Å². The average Bonchev–Trinajstić information content (AvgIpc) is 2.96. The van der Waals surface area contributed by atoms with E-state index in [-0.39, 0.29) is 12.1 Å². The van der Waals surface area contributed by atoms with Gasteiger partial charge in [0, 0.05) is 18.4 Å². The van der Waals surface area contributed by atoms with Crippen LogP contribution in [0.1, 0.15) is 25.6 Å². The van der Waals surface area contributed by atoms with Crippen LogP contribution in [0.2, 0.25) is 0 Å². The molecular formula is C12H17N3O3. The van der Waals surface area contributed by atoms with Gasteiger partial charge in [0.2, 0.25) is 0 Å². The van der Waals surface area contributed by atoms with Crippen molar-refractivity contribution in [3.63, 3.8) is 0 Å². The van der Waals surface area contributed by atoms with Gasteiger partial charge in [0.25, 0.3) is 0 Å². The number of nitrogens with zero attached hydrogens (tertiary/aromatic N) is 1. The van der Waals surface area contributed by atoms with E-state index < -0.39 is 11.5 Å². The third-order valence-electron chi connectivity index (χ3n) is 3.27. The third kappa shape index (κ3) is 1.94. The fourth-order valence-electron chi connectivity index (χ4n) is 2.12. The molecule has 0 aliphatic carbocycles. The van der Waals surface area contributed by atoms with E-state index in [4.69, 9.17) is 4.74 Å². The molecule has 18 heavy (non-hydrogen) atoms. The number of rotatable bonds is 3. The molecule has 2 heterocycles. The van der Waals surface area contributed by atoms with E-state index in [2.05, 4.69) is 10.3 Å². The molecule has 2 amide bonds. The van der Waals surface area contributed by atoms with E-state index in [0.29, 0.717) is 6.54 Å². The second-order valence-electron chi connectivity index (χ2n) is 4.79. The predicted molar refractivity (Wildman–Crippen MR) is 64.9 cm³/mol. The minimum Gasteiger partial charge on any atom is -0.467 e.